The van der Waals surface area contributed by atoms with E-state index in [1.807, 2.05) is 6.07 Å². The minimum absolute atomic E-state index is 0.0315. The first kappa shape index (κ1) is 14.5. The van der Waals surface area contributed by atoms with Gasteiger partial charge in [0, 0.05) is 12.7 Å². The molecule has 20 heavy (non-hydrogen) atoms. The number of benzene rings is 2. The van der Waals surface area contributed by atoms with Gasteiger partial charge in [-0.2, -0.15) is 0 Å². The fraction of sp³-hybridized carbons (Fsp3) is 0.133. The second-order valence-corrected chi connectivity index (χ2v) is 4.60. The monoisotopic (exact) mass is 293 g/mol. The van der Waals surface area contributed by atoms with E-state index < -0.39 is 11.7 Å². The minimum atomic E-state index is -0.643. The molecule has 1 N–H and O–H groups in total. The number of halogens is 2. The molecule has 0 aromatic heterocycles. The van der Waals surface area contributed by atoms with Crippen LogP contribution in [0, 0.1) is 5.82 Å². The van der Waals surface area contributed by atoms with Gasteiger partial charge in [-0.3, -0.25) is 4.79 Å². The van der Waals surface area contributed by atoms with Crippen molar-refractivity contribution < 1.29 is 13.9 Å². The summed E-state index contributed by atoms with van der Waals surface area (Å²) < 4.78 is 18.7. The van der Waals surface area contributed by atoms with E-state index in [0.29, 0.717) is 12.2 Å². The van der Waals surface area contributed by atoms with Gasteiger partial charge in [0.2, 0.25) is 0 Å². The molecular weight excluding hydrogens is 281 g/mol. The molecule has 0 atom stereocenters. The number of nitrogens with one attached hydrogen (secondary N) is 1. The number of carbonyl (C=O) groups excluding carboxylic acids is 1. The van der Waals surface area contributed by atoms with Crippen molar-refractivity contribution in [3.05, 3.63) is 64.4 Å². The molecule has 104 valence electrons. The summed E-state index contributed by atoms with van der Waals surface area (Å²) in [6.45, 7) is 0.409. The second kappa shape index (κ2) is 6.50. The lowest BCUT2D eigenvalue weighted by Crippen LogP contribution is -2.13. The van der Waals surface area contributed by atoms with Crippen molar-refractivity contribution in [2.45, 2.75) is 6.61 Å². The highest BCUT2D eigenvalue weighted by Crippen LogP contribution is 2.22. The Bertz CT molecular complexity index is 631. The maximum Gasteiger partial charge on any atom is 0.255 e. The predicted molar refractivity (Wildman–Crippen MR) is 76.5 cm³/mol. The molecule has 0 aliphatic heterocycles. The van der Waals surface area contributed by atoms with Crippen LogP contribution in [0.3, 0.4) is 0 Å². The zero-order valence-corrected chi connectivity index (χ0v) is 11.6. The maximum absolute atomic E-state index is 13.7. The molecule has 0 fully saturated rings. The highest BCUT2D eigenvalue weighted by Gasteiger charge is 2.11. The van der Waals surface area contributed by atoms with Crippen molar-refractivity contribution in [3.63, 3.8) is 0 Å². The van der Waals surface area contributed by atoms with Crippen LogP contribution in [0.5, 0.6) is 0 Å². The Morgan fingerprint density at radius 2 is 2.05 bits per heavy atom. The molecular formula is C15H13ClFNO2. The lowest BCUT2D eigenvalue weighted by atomic mass is 10.1. The van der Waals surface area contributed by atoms with Gasteiger partial charge >= 0.3 is 0 Å². The van der Waals surface area contributed by atoms with Crippen LogP contribution < -0.4 is 5.32 Å². The quantitative estimate of drug-likeness (QED) is 0.929. The summed E-state index contributed by atoms with van der Waals surface area (Å²) in [5.74, 6) is -1.04. The second-order valence-electron chi connectivity index (χ2n) is 4.19. The van der Waals surface area contributed by atoms with Crippen molar-refractivity contribution in [2.24, 2.45) is 0 Å². The summed E-state index contributed by atoms with van der Waals surface area (Å²) in [5.41, 5.74) is 1.35. The summed E-state index contributed by atoms with van der Waals surface area (Å²) in [6.07, 6.45) is 0. The Kier molecular flexibility index (Phi) is 4.71. The van der Waals surface area contributed by atoms with Gasteiger partial charge in [0.25, 0.3) is 5.91 Å². The number of amides is 1. The van der Waals surface area contributed by atoms with Crippen molar-refractivity contribution in [3.8, 4) is 0 Å². The third kappa shape index (κ3) is 3.35. The maximum atomic E-state index is 13.7. The van der Waals surface area contributed by atoms with E-state index in [2.05, 4.69) is 5.32 Å². The van der Waals surface area contributed by atoms with Gasteiger partial charge in [0.1, 0.15) is 0 Å². The van der Waals surface area contributed by atoms with E-state index in [4.69, 9.17) is 16.3 Å². The van der Waals surface area contributed by atoms with E-state index in [-0.39, 0.29) is 10.7 Å². The third-order valence-electron chi connectivity index (χ3n) is 2.70. The minimum Gasteiger partial charge on any atom is -0.380 e. The third-order valence-corrected chi connectivity index (χ3v) is 2.99. The van der Waals surface area contributed by atoms with Gasteiger partial charge in [0.15, 0.2) is 5.82 Å². The molecule has 0 radical (unpaired) electrons. The largest absolute Gasteiger partial charge is 0.380 e. The zero-order valence-electron chi connectivity index (χ0n) is 10.8. The number of carbonyl (C=O) groups is 1. The molecule has 0 unspecified atom stereocenters. The van der Waals surface area contributed by atoms with Crippen LogP contribution in [0.4, 0.5) is 10.1 Å². The fourth-order valence-electron chi connectivity index (χ4n) is 1.76. The Balaban J connectivity index is 2.19. The molecule has 3 nitrogen and oxygen atoms in total. The lowest BCUT2D eigenvalue weighted by molar-refractivity contribution is 0.102. The first-order valence-electron chi connectivity index (χ1n) is 5.95. The topological polar surface area (TPSA) is 38.3 Å². The number of hydrogen-bond acceptors (Lipinski definition) is 2. The summed E-state index contributed by atoms with van der Waals surface area (Å²) in [6, 6.07) is 11.4. The highest BCUT2D eigenvalue weighted by atomic mass is 35.5. The van der Waals surface area contributed by atoms with Gasteiger partial charge in [-0.05, 0) is 29.8 Å². The van der Waals surface area contributed by atoms with Crippen molar-refractivity contribution in [1.82, 2.24) is 0 Å². The number of rotatable bonds is 4. The number of ether oxygens (including phenoxy) is 1. The average Bonchev–Trinajstić information content (AvgIpc) is 2.44. The SMILES string of the molecule is COCc1cccc(C(=O)Nc2cccc(Cl)c2F)c1. The molecule has 0 saturated carbocycles. The highest BCUT2D eigenvalue weighted by molar-refractivity contribution is 6.31. The molecule has 2 aromatic carbocycles. The molecule has 0 heterocycles. The first-order valence-corrected chi connectivity index (χ1v) is 6.33. The Labute approximate surface area is 121 Å². The van der Waals surface area contributed by atoms with E-state index >= 15 is 0 Å². The van der Waals surface area contributed by atoms with E-state index in [0.717, 1.165) is 5.56 Å². The molecule has 5 heteroatoms. The molecule has 0 saturated heterocycles. The van der Waals surface area contributed by atoms with E-state index in [1.54, 1.807) is 31.4 Å². The van der Waals surface area contributed by atoms with Gasteiger partial charge in [-0.1, -0.05) is 29.8 Å². The average molecular weight is 294 g/mol. The smallest absolute Gasteiger partial charge is 0.255 e. The van der Waals surface area contributed by atoms with Gasteiger partial charge in [-0.25, -0.2) is 4.39 Å². The number of hydrogen-bond donors (Lipinski definition) is 1. The van der Waals surface area contributed by atoms with Crippen LogP contribution in [-0.2, 0) is 11.3 Å². The molecule has 0 aliphatic rings. The van der Waals surface area contributed by atoms with Gasteiger partial charge in [-0.15, -0.1) is 0 Å². The standard InChI is InChI=1S/C15H13ClFNO2/c1-20-9-10-4-2-5-11(8-10)15(19)18-13-7-3-6-12(16)14(13)17/h2-8H,9H2,1H3,(H,18,19). The van der Waals surface area contributed by atoms with Crippen LogP contribution in [0.15, 0.2) is 42.5 Å². The van der Waals surface area contributed by atoms with Crippen LogP contribution in [0.1, 0.15) is 15.9 Å². The molecule has 2 rings (SSSR count). The lowest BCUT2D eigenvalue weighted by Gasteiger charge is -2.08. The summed E-state index contributed by atoms with van der Waals surface area (Å²) in [4.78, 5) is 12.1. The normalized spacial score (nSPS) is 10.3. The van der Waals surface area contributed by atoms with Crippen LogP contribution in [0.25, 0.3) is 0 Å². The van der Waals surface area contributed by atoms with Crippen LogP contribution >= 0.6 is 11.6 Å². The summed E-state index contributed by atoms with van der Waals surface area (Å²) in [7, 11) is 1.58. The van der Waals surface area contributed by atoms with Crippen molar-refractivity contribution in [1.29, 1.82) is 0 Å². The zero-order chi connectivity index (χ0) is 14.5. The van der Waals surface area contributed by atoms with Crippen LogP contribution in [0.2, 0.25) is 5.02 Å². The number of methoxy groups -OCH3 is 1. The van der Waals surface area contributed by atoms with Gasteiger partial charge < -0.3 is 10.1 Å². The summed E-state index contributed by atoms with van der Waals surface area (Å²) >= 11 is 5.67. The predicted octanol–water partition coefficient (Wildman–Crippen LogP) is 3.88. The molecule has 0 spiro atoms. The van der Waals surface area contributed by atoms with E-state index in [9.17, 15) is 9.18 Å². The van der Waals surface area contributed by atoms with Gasteiger partial charge in [0.05, 0.1) is 17.3 Å². The Morgan fingerprint density at radius 1 is 1.30 bits per heavy atom. The Hall–Kier alpha value is -1.91. The Morgan fingerprint density at radius 3 is 2.80 bits per heavy atom. The van der Waals surface area contributed by atoms with Crippen LogP contribution in [-0.4, -0.2) is 13.0 Å². The molecule has 1 amide bonds. The number of anilines is 1. The molecule has 0 aliphatic carbocycles. The van der Waals surface area contributed by atoms with Crippen molar-refractivity contribution in [2.75, 3.05) is 12.4 Å². The first-order chi connectivity index (χ1) is 9.61. The summed E-state index contributed by atoms with van der Waals surface area (Å²) in [5, 5.41) is 2.47. The molecule has 2 aromatic rings. The van der Waals surface area contributed by atoms with E-state index in [1.165, 1.54) is 12.1 Å². The fourth-order valence-corrected chi connectivity index (χ4v) is 1.94. The molecule has 0 bridgehead atoms. The van der Waals surface area contributed by atoms with Crippen molar-refractivity contribution >= 4 is 23.2 Å².